The Morgan fingerprint density at radius 3 is 2.95 bits per heavy atom. The number of hydrogen-bond donors (Lipinski definition) is 1. The molecule has 1 aliphatic rings. The highest BCUT2D eigenvalue weighted by molar-refractivity contribution is 9.10. The predicted molar refractivity (Wildman–Crippen MR) is 82.2 cm³/mol. The Bertz CT molecular complexity index is 455. The molecule has 2 rings (SSSR count). The van der Waals surface area contributed by atoms with Crippen LogP contribution in [0.5, 0.6) is 0 Å². The lowest BCUT2D eigenvalue weighted by Crippen LogP contribution is -2.39. The van der Waals surface area contributed by atoms with Gasteiger partial charge in [0.2, 0.25) is 0 Å². The van der Waals surface area contributed by atoms with E-state index in [-0.39, 0.29) is 16.1 Å². The summed E-state index contributed by atoms with van der Waals surface area (Å²) in [5.41, 5.74) is 0.0697. The minimum absolute atomic E-state index is 0.0697. The molecule has 0 bridgehead atoms. The van der Waals surface area contributed by atoms with Crippen LogP contribution in [0, 0.1) is 11.6 Å². The zero-order chi connectivity index (χ0) is 14.5. The van der Waals surface area contributed by atoms with Gasteiger partial charge in [-0.05, 0) is 41.0 Å². The molecule has 112 valence electrons. The van der Waals surface area contributed by atoms with E-state index >= 15 is 0 Å². The largest absolute Gasteiger partial charge is 0.375 e. The highest BCUT2D eigenvalue weighted by atomic mass is 79.9. The Morgan fingerprint density at radius 1 is 1.50 bits per heavy atom. The first-order chi connectivity index (χ1) is 9.65. The van der Waals surface area contributed by atoms with Crippen molar-refractivity contribution in [3.05, 3.63) is 33.8 Å². The predicted octanol–water partition coefficient (Wildman–Crippen LogP) is 3.90. The molecule has 6 heteroatoms. The van der Waals surface area contributed by atoms with Gasteiger partial charge in [-0.1, -0.05) is 6.92 Å². The van der Waals surface area contributed by atoms with Crippen LogP contribution in [0.3, 0.4) is 0 Å². The Hall–Kier alpha value is -0.170. The highest BCUT2D eigenvalue weighted by Crippen LogP contribution is 2.32. The minimum atomic E-state index is -0.544. The average molecular weight is 366 g/mol. The van der Waals surface area contributed by atoms with Crippen molar-refractivity contribution in [3.63, 3.8) is 0 Å². The van der Waals surface area contributed by atoms with Crippen molar-refractivity contribution in [2.75, 3.05) is 24.7 Å². The molecule has 0 aliphatic carbocycles. The number of benzene rings is 1. The van der Waals surface area contributed by atoms with E-state index in [2.05, 4.69) is 21.2 Å². The van der Waals surface area contributed by atoms with E-state index < -0.39 is 17.7 Å². The second kappa shape index (κ2) is 7.73. The highest BCUT2D eigenvalue weighted by Gasteiger charge is 2.31. The number of thioether (sulfide) groups is 1. The first-order valence-corrected chi connectivity index (χ1v) is 8.66. The molecule has 1 aromatic carbocycles. The van der Waals surface area contributed by atoms with E-state index in [1.54, 1.807) is 11.8 Å². The maximum Gasteiger partial charge on any atom is 0.145 e. The van der Waals surface area contributed by atoms with Gasteiger partial charge in [0.25, 0.3) is 0 Å². The van der Waals surface area contributed by atoms with Crippen LogP contribution in [0.25, 0.3) is 0 Å². The van der Waals surface area contributed by atoms with Gasteiger partial charge in [-0.2, -0.15) is 11.8 Å². The summed E-state index contributed by atoms with van der Waals surface area (Å²) in [4.78, 5) is 0. The fourth-order valence-corrected chi connectivity index (χ4v) is 3.49. The SMILES string of the molecule is CCCNC(c1c(F)ccc(Br)c1F)C1CSCCO1. The lowest BCUT2D eigenvalue weighted by molar-refractivity contribution is 0.0448. The van der Waals surface area contributed by atoms with Crippen molar-refractivity contribution >= 4 is 27.7 Å². The molecular formula is C14H18BrF2NOS. The van der Waals surface area contributed by atoms with E-state index in [9.17, 15) is 8.78 Å². The maximum absolute atomic E-state index is 14.3. The molecule has 0 spiro atoms. The van der Waals surface area contributed by atoms with Gasteiger partial charge in [-0.25, -0.2) is 8.78 Å². The monoisotopic (exact) mass is 365 g/mol. The fraction of sp³-hybridized carbons (Fsp3) is 0.571. The Kier molecular flexibility index (Phi) is 6.26. The maximum atomic E-state index is 14.3. The molecule has 1 saturated heterocycles. The Balaban J connectivity index is 2.32. The second-order valence-electron chi connectivity index (χ2n) is 4.67. The molecule has 1 heterocycles. The topological polar surface area (TPSA) is 21.3 Å². The van der Waals surface area contributed by atoms with Crippen LogP contribution in [0.15, 0.2) is 16.6 Å². The molecule has 2 atom stereocenters. The number of nitrogens with one attached hydrogen (secondary N) is 1. The average Bonchev–Trinajstić information content (AvgIpc) is 2.47. The van der Waals surface area contributed by atoms with Crippen molar-refractivity contribution < 1.29 is 13.5 Å². The quantitative estimate of drug-likeness (QED) is 0.799. The minimum Gasteiger partial charge on any atom is -0.375 e. The molecule has 0 amide bonds. The van der Waals surface area contributed by atoms with Crippen LogP contribution in [0.4, 0.5) is 8.78 Å². The summed E-state index contributed by atoms with van der Waals surface area (Å²) >= 11 is 4.88. The van der Waals surface area contributed by atoms with Crippen molar-refractivity contribution in [1.29, 1.82) is 0 Å². The first-order valence-electron chi connectivity index (χ1n) is 6.71. The third-order valence-corrected chi connectivity index (χ3v) is 4.85. The van der Waals surface area contributed by atoms with Crippen molar-refractivity contribution in [2.45, 2.75) is 25.5 Å². The number of rotatable bonds is 5. The number of ether oxygens (including phenoxy) is 1. The van der Waals surface area contributed by atoms with E-state index in [0.29, 0.717) is 13.2 Å². The molecular weight excluding hydrogens is 348 g/mol. The van der Waals surface area contributed by atoms with Gasteiger partial charge in [0.05, 0.1) is 23.2 Å². The van der Waals surface area contributed by atoms with Crippen LogP contribution in [0.2, 0.25) is 0 Å². The number of halogens is 3. The van der Waals surface area contributed by atoms with Gasteiger partial charge in [0.15, 0.2) is 0 Å². The van der Waals surface area contributed by atoms with Crippen molar-refractivity contribution in [1.82, 2.24) is 5.32 Å². The van der Waals surface area contributed by atoms with Gasteiger partial charge in [-0.3, -0.25) is 0 Å². The fourth-order valence-electron chi connectivity index (χ4n) is 2.25. The van der Waals surface area contributed by atoms with Crippen LogP contribution in [-0.4, -0.2) is 30.8 Å². The van der Waals surface area contributed by atoms with Gasteiger partial charge in [0, 0.05) is 17.1 Å². The lowest BCUT2D eigenvalue weighted by atomic mass is 10.0. The summed E-state index contributed by atoms with van der Waals surface area (Å²) in [5.74, 6) is 0.601. The summed E-state index contributed by atoms with van der Waals surface area (Å²) in [6.07, 6.45) is 0.687. The van der Waals surface area contributed by atoms with Crippen LogP contribution >= 0.6 is 27.7 Å². The summed E-state index contributed by atoms with van der Waals surface area (Å²) < 4.78 is 34.4. The van der Waals surface area contributed by atoms with Crippen LogP contribution in [0.1, 0.15) is 24.9 Å². The van der Waals surface area contributed by atoms with E-state index in [4.69, 9.17) is 4.74 Å². The van der Waals surface area contributed by atoms with Crippen molar-refractivity contribution in [3.8, 4) is 0 Å². The van der Waals surface area contributed by atoms with Gasteiger partial charge < -0.3 is 10.1 Å². The molecule has 2 unspecified atom stereocenters. The molecule has 1 fully saturated rings. The van der Waals surface area contributed by atoms with E-state index in [0.717, 1.165) is 17.9 Å². The van der Waals surface area contributed by atoms with Crippen LogP contribution in [-0.2, 0) is 4.74 Å². The molecule has 1 N–H and O–H groups in total. The Labute approximate surface area is 130 Å². The Morgan fingerprint density at radius 2 is 2.30 bits per heavy atom. The molecule has 1 aliphatic heterocycles. The van der Waals surface area contributed by atoms with Gasteiger partial charge in [0.1, 0.15) is 11.6 Å². The molecule has 0 aromatic heterocycles. The third-order valence-electron chi connectivity index (χ3n) is 3.22. The standard InChI is InChI=1S/C14H18BrF2NOS/c1-2-5-18-14(11-8-20-7-6-19-11)12-10(16)4-3-9(15)13(12)17/h3-4,11,14,18H,2,5-8H2,1H3. The van der Waals surface area contributed by atoms with Crippen molar-refractivity contribution in [2.24, 2.45) is 0 Å². The summed E-state index contributed by atoms with van der Waals surface area (Å²) in [6, 6.07) is 2.22. The number of hydrogen-bond acceptors (Lipinski definition) is 3. The lowest BCUT2D eigenvalue weighted by Gasteiger charge is -2.31. The first kappa shape index (κ1) is 16.2. The van der Waals surface area contributed by atoms with Gasteiger partial charge in [-0.15, -0.1) is 0 Å². The molecule has 0 saturated carbocycles. The zero-order valence-electron chi connectivity index (χ0n) is 11.3. The molecule has 20 heavy (non-hydrogen) atoms. The molecule has 1 aromatic rings. The summed E-state index contributed by atoms with van der Waals surface area (Å²) in [6.45, 7) is 3.34. The van der Waals surface area contributed by atoms with Crippen LogP contribution < -0.4 is 5.32 Å². The summed E-state index contributed by atoms with van der Waals surface area (Å²) in [5, 5.41) is 3.23. The normalized spacial score (nSPS) is 20.9. The van der Waals surface area contributed by atoms with Gasteiger partial charge >= 0.3 is 0 Å². The summed E-state index contributed by atoms with van der Waals surface area (Å²) in [7, 11) is 0. The second-order valence-corrected chi connectivity index (χ2v) is 6.68. The third kappa shape index (κ3) is 3.72. The van der Waals surface area contributed by atoms with E-state index in [1.807, 2.05) is 6.92 Å². The zero-order valence-corrected chi connectivity index (χ0v) is 13.7. The molecule has 2 nitrogen and oxygen atoms in total. The van der Waals surface area contributed by atoms with E-state index in [1.165, 1.54) is 12.1 Å². The smallest absolute Gasteiger partial charge is 0.145 e. The molecule has 0 radical (unpaired) electrons.